The number of carboxylic acid groups (broad SMARTS) is 1. The van der Waals surface area contributed by atoms with E-state index >= 15 is 0 Å². The molecule has 12 heteroatoms. The fourth-order valence-corrected chi connectivity index (χ4v) is 4.45. The van der Waals surface area contributed by atoms with Crippen LogP contribution in [-0.2, 0) is 9.59 Å². The van der Waals surface area contributed by atoms with E-state index in [4.69, 9.17) is 15.6 Å². The van der Waals surface area contributed by atoms with Crippen molar-refractivity contribution in [3.05, 3.63) is 78.0 Å². The molecule has 0 radical (unpaired) electrons. The number of nitrogens with one attached hydrogen (secondary N) is 4. The van der Waals surface area contributed by atoms with Gasteiger partial charge >= 0.3 is 5.97 Å². The molecule has 0 saturated heterocycles. The molecule has 1 unspecified atom stereocenters. The number of rotatable bonds is 16. The van der Waals surface area contributed by atoms with E-state index in [1.807, 2.05) is 68.4 Å². The summed E-state index contributed by atoms with van der Waals surface area (Å²) < 4.78 is 5.55. The molecular weight excluding hydrogens is 552 g/mol. The first-order valence-corrected chi connectivity index (χ1v) is 14.3. The summed E-state index contributed by atoms with van der Waals surface area (Å²) >= 11 is 0. The number of hydrogen-bond donors (Lipinski definition) is 7. The van der Waals surface area contributed by atoms with Gasteiger partial charge in [0, 0.05) is 13.0 Å². The van der Waals surface area contributed by atoms with Gasteiger partial charge in [-0.3, -0.25) is 15.0 Å². The third-order valence-electron chi connectivity index (χ3n) is 7.19. The number of hydrogen-bond acceptors (Lipinski definition) is 7. The monoisotopic (exact) mass is 592 g/mol. The largest absolute Gasteiger partial charge is 0.480 e. The Labute approximate surface area is 250 Å². The average molecular weight is 593 g/mol. The second-order valence-electron chi connectivity index (χ2n) is 10.4. The molecule has 0 saturated carbocycles. The van der Waals surface area contributed by atoms with E-state index in [0.29, 0.717) is 18.4 Å². The van der Waals surface area contributed by atoms with Crippen LogP contribution in [-0.4, -0.2) is 51.5 Å². The van der Waals surface area contributed by atoms with Crippen molar-refractivity contribution in [3.63, 3.8) is 0 Å². The van der Waals surface area contributed by atoms with Crippen molar-refractivity contribution >= 4 is 23.7 Å². The van der Waals surface area contributed by atoms with Crippen LogP contribution in [0, 0.1) is 11.3 Å². The molecule has 1 heterocycles. The van der Waals surface area contributed by atoms with Crippen molar-refractivity contribution in [2.45, 2.75) is 64.1 Å². The third-order valence-corrected chi connectivity index (χ3v) is 7.19. The molecule has 0 aliphatic carbocycles. The van der Waals surface area contributed by atoms with E-state index in [-0.39, 0.29) is 55.2 Å². The van der Waals surface area contributed by atoms with E-state index in [1.54, 1.807) is 0 Å². The summed E-state index contributed by atoms with van der Waals surface area (Å²) in [5, 5.41) is 35.2. The van der Waals surface area contributed by atoms with E-state index in [1.165, 1.54) is 0 Å². The zero-order valence-corrected chi connectivity index (χ0v) is 24.4. The fraction of sp³-hybridized carbons (Fsp3) is 0.387. The van der Waals surface area contributed by atoms with Crippen LogP contribution in [0.4, 0.5) is 0 Å². The highest BCUT2D eigenvalue weighted by atomic mass is 16.4. The zero-order valence-electron chi connectivity index (χ0n) is 24.4. The Morgan fingerprint density at radius 1 is 1.02 bits per heavy atom. The summed E-state index contributed by atoms with van der Waals surface area (Å²) in [6.45, 7) is 4.15. The summed E-state index contributed by atoms with van der Waals surface area (Å²) in [5.41, 5.74) is 7.93. The number of carbonyl (C=O) groups excluding carboxylic acids is 2. The molecule has 4 atom stereocenters. The van der Waals surface area contributed by atoms with E-state index in [0.717, 1.165) is 17.4 Å². The lowest BCUT2D eigenvalue weighted by molar-refractivity contribution is -0.139. The van der Waals surface area contributed by atoms with E-state index in [2.05, 4.69) is 20.9 Å². The lowest BCUT2D eigenvalue weighted by Crippen LogP contribution is -2.41. The van der Waals surface area contributed by atoms with Crippen molar-refractivity contribution in [1.29, 1.82) is 5.41 Å². The standard InChI is InChI=1S/C31H40N6O6/c1-3-19(2)27(29-36-24(18-43-29)28(40)35-23(30(41)42)10-7-17-34-31(32)33)37-26(39)16-15-25(38)22-13-11-21(12-14-22)20-8-5-4-6-9-20/h4-6,8-9,11-14,18-19,23,25,27,38H,3,7,10,15-17H2,1-2H3,(H,35,40)(H,37,39)(H,41,42)(H4,32,33,34)/t19-,23-,25?,27-/m0/s1. The number of aliphatic hydroxyl groups excluding tert-OH is 1. The fourth-order valence-electron chi connectivity index (χ4n) is 4.45. The molecular formula is C31H40N6O6. The SMILES string of the molecule is CC[C@H](C)[C@H](NC(=O)CCC(O)c1ccc(-c2ccccc2)cc1)c1nc(C(=O)N[C@@H](CCCNC(=N)N)C(=O)O)co1. The van der Waals surface area contributed by atoms with Crippen LogP contribution in [0.25, 0.3) is 11.1 Å². The van der Waals surface area contributed by atoms with Gasteiger partial charge in [-0.15, -0.1) is 0 Å². The third kappa shape index (κ3) is 9.96. The Morgan fingerprint density at radius 3 is 2.33 bits per heavy atom. The Hall–Kier alpha value is -4.71. The topological polar surface area (TPSA) is 204 Å². The maximum absolute atomic E-state index is 12.9. The number of nitrogens with two attached hydrogens (primary N) is 1. The summed E-state index contributed by atoms with van der Waals surface area (Å²) in [7, 11) is 0. The van der Waals surface area contributed by atoms with Crippen molar-refractivity contribution in [2.75, 3.05) is 6.54 Å². The molecule has 3 aromatic rings. The van der Waals surface area contributed by atoms with Crippen LogP contribution < -0.4 is 21.7 Å². The summed E-state index contributed by atoms with van der Waals surface area (Å²) in [5.74, 6) is -2.42. The number of guanidine groups is 1. The number of aromatic nitrogens is 1. The molecule has 1 aromatic heterocycles. The predicted octanol–water partition coefficient (Wildman–Crippen LogP) is 3.51. The van der Waals surface area contributed by atoms with Crippen LogP contribution in [0.5, 0.6) is 0 Å². The lowest BCUT2D eigenvalue weighted by Gasteiger charge is -2.21. The van der Waals surface area contributed by atoms with Crippen LogP contribution in [0.1, 0.15) is 80.0 Å². The van der Waals surface area contributed by atoms with Crippen LogP contribution in [0.3, 0.4) is 0 Å². The Balaban J connectivity index is 1.57. The Bertz CT molecular complexity index is 1360. The van der Waals surface area contributed by atoms with Crippen molar-refractivity contribution < 1.29 is 29.0 Å². The van der Waals surface area contributed by atoms with Gasteiger partial charge in [0.05, 0.1) is 6.10 Å². The number of benzene rings is 2. The molecule has 43 heavy (non-hydrogen) atoms. The van der Waals surface area contributed by atoms with Gasteiger partial charge < -0.3 is 36.3 Å². The van der Waals surface area contributed by atoms with Gasteiger partial charge in [-0.05, 0) is 41.9 Å². The molecule has 0 aliphatic rings. The molecule has 2 aromatic carbocycles. The molecule has 0 fully saturated rings. The first-order chi connectivity index (χ1) is 20.6. The molecule has 3 rings (SSSR count). The molecule has 0 bridgehead atoms. The molecule has 0 spiro atoms. The number of nitrogens with zero attached hydrogens (tertiary/aromatic N) is 1. The first kappa shape index (κ1) is 32.8. The van der Waals surface area contributed by atoms with Gasteiger partial charge in [-0.2, -0.15) is 0 Å². The van der Waals surface area contributed by atoms with Gasteiger partial charge in [0.25, 0.3) is 5.91 Å². The smallest absolute Gasteiger partial charge is 0.326 e. The highest BCUT2D eigenvalue weighted by Gasteiger charge is 2.28. The highest BCUT2D eigenvalue weighted by molar-refractivity contribution is 5.94. The number of aliphatic hydroxyl groups is 1. The van der Waals surface area contributed by atoms with E-state index < -0.39 is 30.1 Å². The molecule has 8 N–H and O–H groups in total. The minimum atomic E-state index is -1.21. The number of amides is 2. The lowest BCUT2D eigenvalue weighted by atomic mass is 9.98. The van der Waals surface area contributed by atoms with Crippen molar-refractivity contribution in [1.82, 2.24) is 20.9 Å². The second-order valence-corrected chi connectivity index (χ2v) is 10.4. The Morgan fingerprint density at radius 2 is 1.70 bits per heavy atom. The maximum atomic E-state index is 12.9. The van der Waals surface area contributed by atoms with Crippen LogP contribution in [0.15, 0.2) is 65.3 Å². The minimum absolute atomic E-state index is 0.0569. The van der Waals surface area contributed by atoms with Crippen molar-refractivity contribution in [3.8, 4) is 11.1 Å². The minimum Gasteiger partial charge on any atom is -0.480 e. The normalized spacial score (nSPS) is 13.7. The maximum Gasteiger partial charge on any atom is 0.326 e. The first-order valence-electron chi connectivity index (χ1n) is 14.3. The van der Waals surface area contributed by atoms with Gasteiger partial charge in [0.1, 0.15) is 18.3 Å². The number of carbonyl (C=O) groups is 3. The number of aliphatic carboxylic acids is 1. The van der Waals surface area contributed by atoms with Gasteiger partial charge in [-0.25, -0.2) is 9.78 Å². The highest BCUT2D eigenvalue weighted by Crippen LogP contribution is 2.26. The molecule has 230 valence electrons. The number of carboxylic acids is 1. The van der Waals surface area contributed by atoms with Crippen LogP contribution in [0.2, 0.25) is 0 Å². The average Bonchev–Trinajstić information content (AvgIpc) is 3.50. The van der Waals surface area contributed by atoms with Crippen molar-refractivity contribution in [2.24, 2.45) is 11.7 Å². The molecule has 2 amide bonds. The Kier molecular flexibility index (Phi) is 12.3. The van der Waals surface area contributed by atoms with Gasteiger partial charge in [0.15, 0.2) is 11.7 Å². The van der Waals surface area contributed by atoms with Gasteiger partial charge in [0.2, 0.25) is 11.8 Å². The summed E-state index contributed by atoms with van der Waals surface area (Å²) in [4.78, 5) is 41.5. The van der Waals surface area contributed by atoms with E-state index in [9.17, 15) is 24.6 Å². The summed E-state index contributed by atoms with van der Waals surface area (Å²) in [6.07, 6.45) is 1.72. The molecule has 0 aliphatic heterocycles. The van der Waals surface area contributed by atoms with Gasteiger partial charge in [-0.1, -0.05) is 74.9 Å². The summed E-state index contributed by atoms with van der Waals surface area (Å²) in [6, 6.07) is 15.7. The predicted molar refractivity (Wildman–Crippen MR) is 161 cm³/mol. The zero-order chi connectivity index (χ0) is 31.4. The number of oxazole rings is 1. The quantitative estimate of drug-likeness (QED) is 0.0737. The second kappa shape index (κ2) is 16.1. The van der Waals surface area contributed by atoms with Crippen LogP contribution >= 0.6 is 0 Å². The molecule has 12 nitrogen and oxygen atoms in total.